The molecule has 0 aliphatic heterocycles. The third-order valence-electron chi connectivity index (χ3n) is 2.81. The first-order valence-corrected chi connectivity index (χ1v) is 5.97. The van der Waals surface area contributed by atoms with Crippen molar-refractivity contribution in [2.45, 2.75) is 13.8 Å². The van der Waals surface area contributed by atoms with Crippen molar-refractivity contribution in [3.63, 3.8) is 0 Å². The third kappa shape index (κ3) is 3.20. The van der Waals surface area contributed by atoms with E-state index in [0.717, 1.165) is 30.2 Å². The summed E-state index contributed by atoms with van der Waals surface area (Å²) >= 11 is 0. The van der Waals surface area contributed by atoms with Gasteiger partial charge in [-0.05, 0) is 13.8 Å². The van der Waals surface area contributed by atoms with Gasteiger partial charge in [0.1, 0.15) is 12.1 Å². The van der Waals surface area contributed by atoms with E-state index in [1.165, 1.54) is 0 Å². The van der Waals surface area contributed by atoms with Crippen molar-refractivity contribution < 1.29 is 0 Å². The van der Waals surface area contributed by atoms with Gasteiger partial charge in [-0.25, -0.2) is 9.97 Å². The number of anilines is 1. The molecule has 1 aromatic heterocycles. The molecule has 0 unspecified atom stereocenters. The highest BCUT2D eigenvalue weighted by Crippen LogP contribution is 2.19. The van der Waals surface area contributed by atoms with Crippen LogP contribution in [0.4, 0.5) is 5.82 Å². The average molecular weight is 264 g/mol. The van der Waals surface area contributed by atoms with E-state index in [9.17, 15) is 0 Å². The number of hydrogen-bond donors (Lipinski definition) is 0. The molecule has 1 aromatic carbocycles. The Labute approximate surface area is 114 Å². The van der Waals surface area contributed by atoms with Crippen LogP contribution in [-0.4, -0.2) is 23.1 Å². The molecule has 0 atom stereocenters. The van der Waals surface area contributed by atoms with Gasteiger partial charge in [-0.3, -0.25) is 0 Å². The summed E-state index contributed by atoms with van der Waals surface area (Å²) < 4.78 is 0. The molecule has 96 valence electrons. The van der Waals surface area contributed by atoms with Gasteiger partial charge >= 0.3 is 0 Å². The molecule has 18 heavy (non-hydrogen) atoms. The summed E-state index contributed by atoms with van der Waals surface area (Å²) in [5, 5.41) is 0. The topological polar surface area (TPSA) is 29.0 Å². The molecule has 0 amide bonds. The van der Waals surface area contributed by atoms with Crippen molar-refractivity contribution in [2.24, 2.45) is 0 Å². The molecule has 0 spiro atoms. The number of benzene rings is 1. The monoisotopic (exact) mass is 263 g/mol. The van der Waals surface area contributed by atoms with E-state index in [0.29, 0.717) is 0 Å². The second-order valence-electron chi connectivity index (χ2n) is 3.80. The molecule has 3 nitrogen and oxygen atoms in total. The summed E-state index contributed by atoms with van der Waals surface area (Å²) in [5.74, 6) is 0.990. The number of halogens is 1. The highest BCUT2D eigenvalue weighted by atomic mass is 35.5. The summed E-state index contributed by atoms with van der Waals surface area (Å²) in [7, 11) is 0. The molecular formula is C14H18ClN3. The first-order valence-electron chi connectivity index (χ1n) is 5.97. The molecule has 4 heteroatoms. The van der Waals surface area contributed by atoms with Crippen LogP contribution in [0.15, 0.2) is 42.7 Å². The maximum absolute atomic E-state index is 4.32. The lowest BCUT2D eigenvalue weighted by atomic mass is 10.1. The fourth-order valence-corrected chi connectivity index (χ4v) is 1.83. The maximum Gasteiger partial charge on any atom is 0.132 e. The van der Waals surface area contributed by atoms with Gasteiger partial charge in [-0.2, -0.15) is 0 Å². The Bertz CT molecular complexity index is 469. The second kappa shape index (κ2) is 6.97. The van der Waals surface area contributed by atoms with Crippen molar-refractivity contribution in [1.82, 2.24) is 9.97 Å². The van der Waals surface area contributed by atoms with Crippen molar-refractivity contribution >= 4 is 18.2 Å². The molecular weight excluding hydrogens is 246 g/mol. The van der Waals surface area contributed by atoms with E-state index in [-0.39, 0.29) is 12.4 Å². The van der Waals surface area contributed by atoms with Crippen LogP contribution in [0.2, 0.25) is 0 Å². The summed E-state index contributed by atoms with van der Waals surface area (Å²) in [6.45, 7) is 6.19. The van der Waals surface area contributed by atoms with E-state index in [1.54, 1.807) is 6.33 Å². The molecule has 0 aliphatic rings. The normalized spacial score (nSPS) is 9.67. The van der Waals surface area contributed by atoms with Crippen molar-refractivity contribution in [3.8, 4) is 11.3 Å². The quantitative estimate of drug-likeness (QED) is 0.847. The maximum atomic E-state index is 4.32. The molecule has 0 aliphatic carbocycles. The zero-order valence-corrected chi connectivity index (χ0v) is 11.5. The summed E-state index contributed by atoms with van der Waals surface area (Å²) in [6.07, 6.45) is 1.63. The van der Waals surface area contributed by atoms with Gasteiger partial charge in [0.25, 0.3) is 0 Å². The van der Waals surface area contributed by atoms with E-state index in [1.807, 2.05) is 24.3 Å². The van der Waals surface area contributed by atoms with E-state index >= 15 is 0 Å². The zero-order valence-electron chi connectivity index (χ0n) is 10.7. The number of hydrogen-bond acceptors (Lipinski definition) is 3. The van der Waals surface area contributed by atoms with Crippen LogP contribution >= 0.6 is 12.4 Å². The first kappa shape index (κ1) is 14.5. The Hall–Kier alpha value is -1.61. The van der Waals surface area contributed by atoms with E-state index < -0.39 is 0 Å². The second-order valence-corrected chi connectivity index (χ2v) is 3.80. The Morgan fingerprint density at radius 2 is 1.67 bits per heavy atom. The van der Waals surface area contributed by atoms with Crippen molar-refractivity contribution in [2.75, 3.05) is 18.0 Å². The highest BCUT2D eigenvalue weighted by molar-refractivity contribution is 5.85. The largest absolute Gasteiger partial charge is 0.357 e. The summed E-state index contributed by atoms with van der Waals surface area (Å²) in [6, 6.07) is 12.2. The van der Waals surface area contributed by atoms with Crippen LogP contribution in [0.25, 0.3) is 11.3 Å². The summed E-state index contributed by atoms with van der Waals surface area (Å²) in [5.41, 5.74) is 2.10. The SMILES string of the molecule is CCN(CC)c1cc(-c2ccccc2)ncn1.Cl. The molecule has 2 aromatic rings. The summed E-state index contributed by atoms with van der Waals surface area (Å²) in [4.78, 5) is 10.9. The Morgan fingerprint density at radius 3 is 2.28 bits per heavy atom. The van der Waals surface area contributed by atoms with Crippen molar-refractivity contribution in [1.29, 1.82) is 0 Å². The average Bonchev–Trinajstić information content (AvgIpc) is 2.42. The third-order valence-corrected chi connectivity index (χ3v) is 2.81. The standard InChI is InChI=1S/C14H17N3.ClH/c1-3-17(4-2)14-10-13(15-11-16-14)12-8-6-5-7-9-12;/h5-11H,3-4H2,1-2H3;1H. The Morgan fingerprint density at radius 1 is 1.00 bits per heavy atom. The molecule has 0 bridgehead atoms. The predicted molar refractivity (Wildman–Crippen MR) is 78.3 cm³/mol. The minimum Gasteiger partial charge on any atom is -0.357 e. The molecule has 1 heterocycles. The molecule has 0 radical (unpaired) electrons. The minimum atomic E-state index is 0. The van der Waals surface area contributed by atoms with Gasteiger partial charge in [0.2, 0.25) is 0 Å². The van der Waals surface area contributed by atoms with Crippen LogP contribution in [0, 0.1) is 0 Å². The molecule has 0 saturated carbocycles. The molecule has 0 saturated heterocycles. The number of nitrogens with zero attached hydrogens (tertiary/aromatic N) is 3. The van der Waals surface area contributed by atoms with Gasteiger partial charge in [0, 0.05) is 24.7 Å². The van der Waals surface area contributed by atoms with Gasteiger partial charge in [-0.15, -0.1) is 12.4 Å². The fraction of sp³-hybridized carbons (Fsp3) is 0.286. The Kier molecular flexibility index (Phi) is 5.59. The smallest absolute Gasteiger partial charge is 0.132 e. The predicted octanol–water partition coefficient (Wildman–Crippen LogP) is 3.41. The minimum absolute atomic E-state index is 0. The highest BCUT2D eigenvalue weighted by Gasteiger charge is 2.05. The molecule has 0 fully saturated rings. The van der Waals surface area contributed by atoms with Crippen LogP contribution < -0.4 is 4.90 Å². The van der Waals surface area contributed by atoms with E-state index in [2.05, 4.69) is 40.8 Å². The number of rotatable bonds is 4. The van der Waals surface area contributed by atoms with Crippen LogP contribution in [0.3, 0.4) is 0 Å². The first-order chi connectivity index (χ1) is 8.35. The lowest BCUT2D eigenvalue weighted by Gasteiger charge is -2.19. The fourth-order valence-electron chi connectivity index (χ4n) is 1.83. The van der Waals surface area contributed by atoms with Gasteiger partial charge in [0.05, 0.1) is 5.69 Å². The lowest BCUT2D eigenvalue weighted by molar-refractivity contribution is 0.842. The van der Waals surface area contributed by atoms with Gasteiger partial charge in [0.15, 0.2) is 0 Å². The lowest BCUT2D eigenvalue weighted by Crippen LogP contribution is -2.22. The molecule has 2 rings (SSSR count). The van der Waals surface area contributed by atoms with E-state index in [4.69, 9.17) is 0 Å². The Balaban J connectivity index is 0.00000162. The number of aromatic nitrogens is 2. The van der Waals surface area contributed by atoms with Gasteiger partial charge < -0.3 is 4.90 Å². The van der Waals surface area contributed by atoms with Crippen LogP contribution in [-0.2, 0) is 0 Å². The van der Waals surface area contributed by atoms with Crippen molar-refractivity contribution in [3.05, 3.63) is 42.7 Å². The van der Waals surface area contributed by atoms with Crippen LogP contribution in [0.1, 0.15) is 13.8 Å². The zero-order chi connectivity index (χ0) is 12.1. The van der Waals surface area contributed by atoms with Gasteiger partial charge in [-0.1, -0.05) is 30.3 Å². The molecule has 0 N–H and O–H groups in total. The van der Waals surface area contributed by atoms with Crippen LogP contribution in [0.5, 0.6) is 0 Å².